The van der Waals surface area contributed by atoms with Crippen LogP contribution in [0.15, 0.2) is 24.3 Å². The second kappa shape index (κ2) is 4.91. The van der Waals surface area contributed by atoms with Gasteiger partial charge in [-0.05, 0) is 36.8 Å². The van der Waals surface area contributed by atoms with Crippen LogP contribution in [0.25, 0.3) is 0 Å². The normalized spacial score (nSPS) is 17.1. The maximum Gasteiger partial charge on any atom is 0.316 e. The Labute approximate surface area is 100 Å². The van der Waals surface area contributed by atoms with Gasteiger partial charge in [0.2, 0.25) is 0 Å². The highest BCUT2D eigenvalue weighted by molar-refractivity contribution is 7.99. The molecule has 1 aromatic rings. The minimum atomic E-state index is -0.736. The van der Waals surface area contributed by atoms with Gasteiger partial charge in [-0.2, -0.15) is 0 Å². The van der Waals surface area contributed by atoms with Crippen molar-refractivity contribution in [2.75, 3.05) is 0 Å². The maximum atomic E-state index is 10.7. The molecule has 0 amide bonds. The third kappa shape index (κ3) is 3.01. The van der Waals surface area contributed by atoms with Crippen molar-refractivity contribution in [3.63, 3.8) is 0 Å². The summed E-state index contributed by atoms with van der Waals surface area (Å²) in [5, 5.41) is 8.43. The SMILES string of the molecule is CC(SCc1ccc(C2CC2)cc1)C(=O)O. The third-order valence-corrected chi connectivity index (χ3v) is 4.08. The summed E-state index contributed by atoms with van der Waals surface area (Å²) in [5.74, 6) is 0.831. The van der Waals surface area contributed by atoms with Gasteiger partial charge in [0.1, 0.15) is 0 Å². The van der Waals surface area contributed by atoms with Crippen LogP contribution >= 0.6 is 11.8 Å². The van der Waals surface area contributed by atoms with Crippen LogP contribution in [-0.4, -0.2) is 16.3 Å². The predicted octanol–water partition coefficient (Wildman–Crippen LogP) is 3.27. The number of thioether (sulfide) groups is 1. The topological polar surface area (TPSA) is 37.3 Å². The number of carboxylic acids is 1. The molecule has 1 aromatic carbocycles. The van der Waals surface area contributed by atoms with E-state index in [1.165, 1.54) is 35.7 Å². The molecule has 2 nitrogen and oxygen atoms in total. The van der Waals surface area contributed by atoms with Crippen LogP contribution in [0.3, 0.4) is 0 Å². The van der Waals surface area contributed by atoms with Gasteiger partial charge in [0.25, 0.3) is 0 Å². The van der Waals surface area contributed by atoms with E-state index in [4.69, 9.17) is 5.11 Å². The molecular weight excluding hydrogens is 220 g/mol. The maximum absolute atomic E-state index is 10.7. The number of benzene rings is 1. The largest absolute Gasteiger partial charge is 0.480 e. The number of carboxylic acid groups (broad SMARTS) is 1. The van der Waals surface area contributed by atoms with E-state index in [-0.39, 0.29) is 5.25 Å². The van der Waals surface area contributed by atoms with E-state index >= 15 is 0 Å². The van der Waals surface area contributed by atoms with Crippen LogP contribution in [0.5, 0.6) is 0 Å². The summed E-state index contributed by atoms with van der Waals surface area (Å²) < 4.78 is 0. The van der Waals surface area contributed by atoms with Gasteiger partial charge >= 0.3 is 5.97 Å². The van der Waals surface area contributed by atoms with E-state index in [2.05, 4.69) is 24.3 Å². The van der Waals surface area contributed by atoms with E-state index < -0.39 is 5.97 Å². The molecule has 1 unspecified atom stereocenters. The Morgan fingerprint density at radius 2 is 2.06 bits per heavy atom. The highest BCUT2D eigenvalue weighted by Gasteiger charge is 2.22. The summed E-state index contributed by atoms with van der Waals surface area (Å²) in [7, 11) is 0. The van der Waals surface area contributed by atoms with Crippen LogP contribution in [0, 0.1) is 0 Å². The lowest BCUT2D eigenvalue weighted by atomic mass is 10.1. The van der Waals surface area contributed by atoms with Gasteiger partial charge in [-0.25, -0.2) is 0 Å². The molecule has 1 N–H and O–H groups in total. The van der Waals surface area contributed by atoms with Crippen molar-refractivity contribution in [3.05, 3.63) is 35.4 Å². The first-order valence-corrected chi connectivity index (χ1v) is 6.65. The molecule has 0 bridgehead atoms. The first kappa shape index (κ1) is 11.5. The zero-order chi connectivity index (χ0) is 11.5. The van der Waals surface area contributed by atoms with Crippen LogP contribution in [0.2, 0.25) is 0 Å². The molecular formula is C13H16O2S. The number of carbonyl (C=O) groups is 1. The van der Waals surface area contributed by atoms with Gasteiger partial charge in [-0.15, -0.1) is 11.8 Å². The predicted molar refractivity (Wildman–Crippen MR) is 66.8 cm³/mol. The Morgan fingerprint density at radius 3 is 2.56 bits per heavy atom. The molecule has 0 spiro atoms. The molecule has 1 atom stereocenters. The van der Waals surface area contributed by atoms with Crippen molar-refractivity contribution < 1.29 is 9.90 Å². The molecule has 1 saturated carbocycles. The zero-order valence-electron chi connectivity index (χ0n) is 9.35. The number of rotatable bonds is 5. The zero-order valence-corrected chi connectivity index (χ0v) is 10.2. The highest BCUT2D eigenvalue weighted by Crippen LogP contribution is 2.40. The number of hydrogen-bond donors (Lipinski definition) is 1. The fourth-order valence-electron chi connectivity index (χ4n) is 1.60. The summed E-state index contributed by atoms with van der Waals surface area (Å²) in [4.78, 5) is 10.7. The van der Waals surface area contributed by atoms with Gasteiger partial charge in [0.05, 0.1) is 5.25 Å². The van der Waals surface area contributed by atoms with Gasteiger partial charge < -0.3 is 5.11 Å². The lowest BCUT2D eigenvalue weighted by Gasteiger charge is -2.06. The van der Waals surface area contributed by atoms with Gasteiger partial charge in [-0.1, -0.05) is 24.3 Å². The smallest absolute Gasteiger partial charge is 0.316 e. The van der Waals surface area contributed by atoms with Crippen molar-refractivity contribution in [2.24, 2.45) is 0 Å². The van der Waals surface area contributed by atoms with Gasteiger partial charge in [0, 0.05) is 5.75 Å². The molecule has 1 aliphatic rings. The molecule has 0 aliphatic heterocycles. The van der Waals surface area contributed by atoms with Crippen LogP contribution in [0.4, 0.5) is 0 Å². The quantitative estimate of drug-likeness (QED) is 0.852. The van der Waals surface area contributed by atoms with Crippen molar-refractivity contribution in [1.29, 1.82) is 0 Å². The fraction of sp³-hybridized carbons (Fsp3) is 0.462. The monoisotopic (exact) mass is 236 g/mol. The van der Waals surface area contributed by atoms with E-state index in [0.29, 0.717) is 0 Å². The summed E-state index contributed by atoms with van der Waals surface area (Å²) >= 11 is 1.47. The van der Waals surface area contributed by atoms with Crippen LogP contribution in [0.1, 0.15) is 36.8 Å². The summed E-state index contributed by atoms with van der Waals surface area (Å²) in [6.45, 7) is 1.73. The Hall–Kier alpha value is -0.960. The molecule has 3 heteroatoms. The van der Waals surface area contributed by atoms with E-state index in [0.717, 1.165) is 11.7 Å². The van der Waals surface area contributed by atoms with E-state index in [9.17, 15) is 4.79 Å². The number of hydrogen-bond acceptors (Lipinski definition) is 2. The summed E-state index contributed by atoms with van der Waals surface area (Å²) in [5.41, 5.74) is 2.64. The second-order valence-electron chi connectivity index (χ2n) is 4.31. The van der Waals surface area contributed by atoms with Crippen molar-refractivity contribution in [1.82, 2.24) is 0 Å². The molecule has 86 valence electrons. The molecule has 1 aliphatic carbocycles. The van der Waals surface area contributed by atoms with E-state index in [1.54, 1.807) is 6.92 Å². The molecule has 2 rings (SSSR count). The Morgan fingerprint density at radius 1 is 1.44 bits per heavy atom. The molecule has 0 heterocycles. The van der Waals surface area contributed by atoms with Gasteiger partial charge in [0.15, 0.2) is 0 Å². The summed E-state index contributed by atoms with van der Waals surface area (Å²) in [6.07, 6.45) is 2.65. The third-order valence-electron chi connectivity index (χ3n) is 2.88. The van der Waals surface area contributed by atoms with E-state index in [1.807, 2.05) is 0 Å². The van der Waals surface area contributed by atoms with Crippen molar-refractivity contribution >= 4 is 17.7 Å². The highest BCUT2D eigenvalue weighted by atomic mass is 32.2. The molecule has 16 heavy (non-hydrogen) atoms. The lowest BCUT2D eigenvalue weighted by molar-refractivity contribution is -0.136. The minimum absolute atomic E-state index is 0.330. The first-order valence-electron chi connectivity index (χ1n) is 5.60. The Kier molecular flexibility index (Phi) is 3.54. The average Bonchev–Trinajstić information content (AvgIpc) is 3.10. The molecule has 1 fully saturated rings. The molecule has 0 aromatic heterocycles. The van der Waals surface area contributed by atoms with Crippen molar-refractivity contribution in [2.45, 2.75) is 36.7 Å². The Balaban J connectivity index is 1.87. The van der Waals surface area contributed by atoms with Gasteiger partial charge in [-0.3, -0.25) is 4.79 Å². The number of aliphatic carboxylic acids is 1. The molecule has 0 radical (unpaired) electrons. The average molecular weight is 236 g/mol. The van der Waals surface area contributed by atoms with Crippen LogP contribution in [-0.2, 0) is 10.5 Å². The molecule has 0 saturated heterocycles. The lowest BCUT2D eigenvalue weighted by Crippen LogP contribution is -2.11. The fourth-order valence-corrected chi connectivity index (χ4v) is 2.37. The van der Waals surface area contributed by atoms with Crippen molar-refractivity contribution in [3.8, 4) is 0 Å². The Bertz CT molecular complexity index is 368. The first-order chi connectivity index (χ1) is 7.66. The summed E-state index contributed by atoms with van der Waals surface area (Å²) in [6, 6.07) is 8.60. The van der Waals surface area contributed by atoms with Crippen LogP contribution < -0.4 is 0 Å². The second-order valence-corrected chi connectivity index (χ2v) is 5.64. The standard InChI is InChI=1S/C13H16O2S/c1-9(13(14)15)16-8-10-2-4-11(5-3-10)12-6-7-12/h2-5,9,12H,6-8H2,1H3,(H,14,15). The minimum Gasteiger partial charge on any atom is -0.480 e.